The number of hydrogen-bond donors (Lipinski definition) is 2. The number of carboxylic acids is 1. The summed E-state index contributed by atoms with van der Waals surface area (Å²) in [6.45, 7) is 4.83. The van der Waals surface area contributed by atoms with E-state index in [4.69, 9.17) is 5.11 Å². The molecule has 0 spiro atoms. The molecule has 1 aliphatic rings. The standard InChI is InChI=1S/C11H18F3NO4S/c1-6-8(15-20(18,19)11(12,13)14)5-4-7(9(16)17)10(6,2)3/h6-8,15H,4-5H2,1-3H3,(H,16,17). The largest absolute Gasteiger partial charge is 0.511 e. The van der Waals surface area contributed by atoms with Gasteiger partial charge in [-0.15, -0.1) is 0 Å². The fourth-order valence-corrected chi connectivity index (χ4v) is 3.53. The van der Waals surface area contributed by atoms with Crippen molar-refractivity contribution >= 4 is 16.0 Å². The first-order valence-electron chi connectivity index (χ1n) is 6.12. The molecule has 3 unspecified atom stereocenters. The maximum absolute atomic E-state index is 12.4. The predicted molar refractivity (Wildman–Crippen MR) is 65.2 cm³/mol. The van der Waals surface area contributed by atoms with Crippen molar-refractivity contribution in [2.75, 3.05) is 0 Å². The molecule has 0 amide bonds. The normalized spacial score (nSPS) is 31.0. The Labute approximate surface area is 115 Å². The molecule has 0 radical (unpaired) electrons. The van der Waals surface area contributed by atoms with E-state index in [-0.39, 0.29) is 12.8 Å². The highest BCUT2D eigenvalue weighted by molar-refractivity contribution is 7.90. The molecule has 9 heteroatoms. The molecule has 1 saturated carbocycles. The summed E-state index contributed by atoms with van der Waals surface area (Å²) in [5.74, 6) is -2.25. The van der Waals surface area contributed by atoms with Gasteiger partial charge in [-0.25, -0.2) is 13.1 Å². The topological polar surface area (TPSA) is 83.5 Å². The third kappa shape index (κ3) is 3.08. The quantitative estimate of drug-likeness (QED) is 0.833. The van der Waals surface area contributed by atoms with Crippen molar-refractivity contribution in [1.29, 1.82) is 0 Å². The van der Waals surface area contributed by atoms with Crippen molar-refractivity contribution in [3.63, 3.8) is 0 Å². The minimum Gasteiger partial charge on any atom is -0.481 e. The van der Waals surface area contributed by atoms with Gasteiger partial charge in [-0.3, -0.25) is 4.79 Å². The van der Waals surface area contributed by atoms with E-state index in [1.54, 1.807) is 25.5 Å². The first-order chi connectivity index (χ1) is 8.80. The number of carbonyl (C=O) groups is 1. The van der Waals surface area contributed by atoms with Crippen molar-refractivity contribution in [3.8, 4) is 0 Å². The van der Waals surface area contributed by atoms with E-state index < -0.39 is 44.8 Å². The lowest BCUT2D eigenvalue weighted by Crippen LogP contribution is -2.54. The van der Waals surface area contributed by atoms with E-state index in [0.717, 1.165) is 0 Å². The van der Waals surface area contributed by atoms with Gasteiger partial charge in [0.2, 0.25) is 0 Å². The zero-order valence-electron chi connectivity index (χ0n) is 11.4. The lowest BCUT2D eigenvalue weighted by molar-refractivity contribution is -0.150. The van der Waals surface area contributed by atoms with Gasteiger partial charge in [-0.05, 0) is 24.2 Å². The molecule has 118 valence electrons. The van der Waals surface area contributed by atoms with E-state index in [1.165, 1.54) is 0 Å². The second-order valence-corrected chi connectivity index (χ2v) is 7.46. The van der Waals surface area contributed by atoms with Crippen LogP contribution < -0.4 is 4.72 Å². The van der Waals surface area contributed by atoms with Gasteiger partial charge in [0.15, 0.2) is 0 Å². The van der Waals surface area contributed by atoms with Crippen LogP contribution in [0.25, 0.3) is 0 Å². The summed E-state index contributed by atoms with van der Waals surface area (Å²) in [6.07, 6.45) is 0.203. The predicted octanol–water partition coefficient (Wildman–Crippen LogP) is 1.95. The minimum absolute atomic E-state index is 0.0663. The van der Waals surface area contributed by atoms with Gasteiger partial charge >= 0.3 is 21.5 Å². The average Bonchev–Trinajstić information content (AvgIpc) is 2.22. The molecular formula is C11H18F3NO4S. The Bertz CT molecular complexity index is 486. The molecule has 0 saturated heterocycles. The number of alkyl halides is 3. The SMILES string of the molecule is CC1C(NS(=O)(=O)C(F)(F)F)CCC(C(=O)O)C1(C)C. The fraction of sp³-hybridized carbons (Fsp3) is 0.909. The van der Waals surface area contributed by atoms with E-state index >= 15 is 0 Å². The zero-order valence-corrected chi connectivity index (χ0v) is 12.2. The van der Waals surface area contributed by atoms with Gasteiger partial charge in [0.25, 0.3) is 0 Å². The number of sulfonamides is 1. The molecular weight excluding hydrogens is 299 g/mol. The Hall–Kier alpha value is -0.830. The number of rotatable bonds is 3. The summed E-state index contributed by atoms with van der Waals surface area (Å²) in [5, 5.41) is 9.12. The number of hydrogen-bond acceptors (Lipinski definition) is 3. The molecule has 0 aliphatic heterocycles. The number of aliphatic carboxylic acids is 1. The molecule has 0 heterocycles. The number of halogens is 3. The fourth-order valence-electron chi connectivity index (χ4n) is 2.67. The van der Waals surface area contributed by atoms with Gasteiger partial charge in [0.05, 0.1) is 5.92 Å². The summed E-state index contributed by atoms with van der Waals surface area (Å²) in [7, 11) is -5.42. The maximum atomic E-state index is 12.4. The lowest BCUT2D eigenvalue weighted by Gasteiger charge is -2.46. The summed E-state index contributed by atoms with van der Waals surface area (Å²) >= 11 is 0. The molecule has 0 aromatic carbocycles. The Morgan fingerprint density at radius 2 is 1.80 bits per heavy atom. The van der Waals surface area contributed by atoms with Crippen molar-refractivity contribution in [1.82, 2.24) is 4.72 Å². The maximum Gasteiger partial charge on any atom is 0.511 e. The molecule has 1 rings (SSSR count). The van der Waals surface area contributed by atoms with Crippen LogP contribution in [0.15, 0.2) is 0 Å². The van der Waals surface area contributed by atoms with Crippen molar-refractivity contribution in [3.05, 3.63) is 0 Å². The van der Waals surface area contributed by atoms with E-state index in [2.05, 4.69) is 0 Å². The van der Waals surface area contributed by atoms with Crippen molar-refractivity contribution in [2.24, 2.45) is 17.3 Å². The molecule has 0 bridgehead atoms. The third-order valence-corrected chi connectivity index (χ3v) is 5.57. The van der Waals surface area contributed by atoms with Crippen LogP contribution in [0, 0.1) is 17.3 Å². The van der Waals surface area contributed by atoms with Crippen LogP contribution in [0.4, 0.5) is 13.2 Å². The average molecular weight is 317 g/mol. The molecule has 0 aromatic rings. The Morgan fingerprint density at radius 3 is 2.20 bits per heavy atom. The molecule has 2 N–H and O–H groups in total. The van der Waals surface area contributed by atoms with Gasteiger partial charge in [-0.2, -0.15) is 13.2 Å². The molecule has 5 nitrogen and oxygen atoms in total. The van der Waals surface area contributed by atoms with Crippen LogP contribution in [-0.2, 0) is 14.8 Å². The molecule has 0 aromatic heterocycles. The second-order valence-electron chi connectivity index (χ2n) is 5.75. The molecule has 1 fully saturated rings. The minimum atomic E-state index is -5.42. The summed E-state index contributed by atoms with van der Waals surface area (Å²) < 4.78 is 61.0. The third-order valence-electron chi connectivity index (χ3n) is 4.35. The second kappa shape index (κ2) is 5.18. The van der Waals surface area contributed by atoms with Crippen LogP contribution in [0.2, 0.25) is 0 Å². The first kappa shape index (κ1) is 17.2. The van der Waals surface area contributed by atoms with Crippen LogP contribution in [0.5, 0.6) is 0 Å². The highest BCUT2D eigenvalue weighted by Crippen LogP contribution is 2.45. The monoisotopic (exact) mass is 317 g/mol. The van der Waals surface area contributed by atoms with E-state index in [1.807, 2.05) is 0 Å². The van der Waals surface area contributed by atoms with Crippen molar-refractivity contribution < 1.29 is 31.5 Å². The van der Waals surface area contributed by atoms with Gasteiger partial charge in [0, 0.05) is 6.04 Å². The number of nitrogens with one attached hydrogen (secondary N) is 1. The Morgan fingerprint density at radius 1 is 1.30 bits per heavy atom. The van der Waals surface area contributed by atoms with Crippen LogP contribution >= 0.6 is 0 Å². The van der Waals surface area contributed by atoms with Gasteiger partial charge in [-0.1, -0.05) is 20.8 Å². The van der Waals surface area contributed by atoms with Gasteiger partial charge < -0.3 is 5.11 Å². The van der Waals surface area contributed by atoms with E-state index in [0.29, 0.717) is 0 Å². The zero-order chi connectivity index (χ0) is 15.9. The lowest BCUT2D eigenvalue weighted by atomic mass is 9.61. The van der Waals surface area contributed by atoms with Crippen LogP contribution in [0.3, 0.4) is 0 Å². The van der Waals surface area contributed by atoms with Crippen molar-refractivity contribution in [2.45, 2.75) is 45.2 Å². The molecule has 3 atom stereocenters. The van der Waals surface area contributed by atoms with Crippen LogP contribution in [0.1, 0.15) is 33.6 Å². The van der Waals surface area contributed by atoms with Gasteiger partial charge in [0.1, 0.15) is 0 Å². The van der Waals surface area contributed by atoms with Crippen LogP contribution in [-0.4, -0.2) is 31.0 Å². The Balaban J connectivity index is 2.95. The summed E-state index contributed by atoms with van der Waals surface area (Å²) in [6, 6.07) is -0.924. The summed E-state index contributed by atoms with van der Waals surface area (Å²) in [4.78, 5) is 11.1. The molecule has 20 heavy (non-hydrogen) atoms. The smallest absolute Gasteiger partial charge is 0.481 e. The highest BCUT2D eigenvalue weighted by Gasteiger charge is 2.51. The first-order valence-corrected chi connectivity index (χ1v) is 7.60. The Kier molecular flexibility index (Phi) is 4.46. The van der Waals surface area contributed by atoms with E-state index in [9.17, 15) is 26.4 Å². The highest BCUT2D eigenvalue weighted by atomic mass is 32.2. The number of carboxylic acid groups (broad SMARTS) is 1. The molecule has 1 aliphatic carbocycles. The summed E-state index contributed by atoms with van der Waals surface area (Å²) in [5.41, 5.74) is -6.16.